The third kappa shape index (κ3) is 1.82. The Balaban J connectivity index is 2.04. The number of hydrogen-bond donors (Lipinski definition) is 2. The molecule has 2 unspecified atom stereocenters. The second-order valence-electron chi connectivity index (χ2n) is 3.67. The molecule has 3 nitrogen and oxygen atoms in total. The van der Waals surface area contributed by atoms with Crippen molar-refractivity contribution >= 4 is 0 Å². The Morgan fingerprint density at radius 3 is 3.00 bits per heavy atom. The summed E-state index contributed by atoms with van der Waals surface area (Å²) in [6, 6.07) is 0. The lowest BCUT2D eigenvalue weighted by Gasteiger charge is -2.37. The summed E-state index contributed by atoms with van der Waals surface area (Å²) < 4.78 is 5.65. The summed E-state index contributed by atoms with van der Waals surface area (Å²) in [7, 11) is 0. The molecule has 0 radical (unpaired) electrons. The zero-order valence-corrected chi connectivity index (χ0v) is 7.70. The first kappa shape index (κ1) is 8.94. The number of rotatable bonds is 1. The smallest absolute Gasteiger partial charge is 0.0918 e. The van der Waals surface area contributed by atoms with Gasteiger partial charge in [0.25, 0.3) is 0 Å². The van der Waals surface area contributed by atoms with Crippen molar-refractivity contribution in [1.29, 1.82) is 0 Å². The van der Waals surface area contributed by atoms with Crippen molar-refractivity contribution in [2.45, 2.75) is 18.1 Å². The fraction of sp³-hybridized carbons (Fsp3) is 0.600. The van der Waals surface area contributed by atoms with Crippen LogP contribution in [0, 0.1) is 0 Å². The Kier molecular flexibility index (Phi) is 2.49. The van der Waals surface area contributed by atoms with Crippen molar-refractivity contribution in [3.05, 3.63) is 24.3 Å². The van der Waals surface area contributed by atoms with Crippen LogP contribution in [0.5, 0.6) is 0 Å². The van der Waals surface area contributed by atoms with Gasteiger partial charge in [-0.3, -0.25) is 0 Å². The minimum Gasteiger partial charge on any atom is -0.373 e. The van der Waals surface area contributed by atoms with Gasteiger partial charge in [-0.1, -0.05) is 24.3 Å². The summed E-state index contributed by atoms with van der Waals surface area (Å²) in [5, 5.41) is 3.29. The van der Waals surface area contributed by atoms with Crippen LogP contribution in [0.15, 0.2) is 24.3 Å². The molecule has 2 rings (SSSR count). The fourth-order valence-electron chi connectivity index (χ4n) is 1.80. The number of nitrogens with one attached hydrogen (secondary N) is 1. The molecule has 72 valence electrons. The van der Waals surface area contributed by atoms with Gasteiger partial charge in [0, 0.05) is 13.1 Å². The predicted octanol–water partition coefficient (Wildman–Crippen LogP) is 0.188. The molecule has 0 aromatic heterocycles. The van der Waals surface area contributed by atoms with Crippen LogP contribution in [0.25, 0.3) is 0 Å². The highest BCUT2D eigenvalue weighted by Crippen LogP contribution is 2.21. The van der Waals surface area contributed by atoms with Crippen LogP contribution in [0.2, 0.25) is 0 Å². The van der Waals surface area contributed by atoms with E-state index < -0.39 is 0 Å². The summed E-state index contributed by atoms with van der Waals surface area (Å²) >= 11 is 0. The first-order valence-corrected chi connectivity index (χ1v) is 4.77. The summed E-state index contributed by atoms with van der Waals surface area (Å²) in [4.78, 5) is 0. The van der Waals surface area contributed by atoms with Gasteiger partial charge in [0.1, 0.15) is 0 Å². The van der Waals surface area contributed by atoms with E-state index in [4.69, 9.17) is 10.5 Å². The number of ether oxygens (including phenoxy) is 1. The average Bonchev–Trinajstić information content (AvgIpc) is 2.20. The van der Waals surface area contributed by atoms with E-state index in [2.05, 4.69) is 11.4 Å². The largest absolute Gasteiger partial charge is 0.373 e. The highest BCUT2D eigenvalue weighted by atomic mass is 16.5. The van der Waals surface area contributed by atoms with Gasteiger partial charge in [-0.2, -0.15) is 0 Å². The number of hydrogen-bond acceptors (Lipinski definition) is 3. The molecule has 1 saturated heterocycles. The second kappa shape index (κ2) is 3.62. The molecule has 1 heterocycles. The Labute approximate surface area is 78.6 Å². The molecule has 13 heavy (non-hydrogen) atoms. The summed E-state index contributed by atoms with van der Waals surface area (Å²) in [6.45, 7) is 2.56. The maximum absolute atomic E-state index is 6.23. The van der Waals surface area contributed by atoms with Crippen molar-refractivity contribution in [3.63, 3.8) is 0 Å². The minimum absolute atomic E-state index is 0.113. The minimum atomic E-state index is -0.303. The molecule has 0 aromatic rings. The highest BCUT2D eigenvalue weighted by Gasteiger charge is 2.34. The zero-order chi connectivity index (χ0) is 9.15. The Morgan fingerprint density at radius 1 is 1.46 bits per heavy atom. The van der Waals surface area contributed by atoms with Crippen molar-refractivity contribution in [2.75, 3.05) is 19.7 Å². The molecule has 0 aromatic carbocycles. The third-order valence-corrected chi connectivity index (χ3v) is 2.65. The quantitative estimate of drug-likeness (QED) is 0.605. The van der Waals surface area contributed by atoms with Crippen LogP contribution in [0.4, 0.5) is 0 Å². The normalized spacial score (nSPS) is 39.3. The van der Waals surface area contributed by atoms with Gasteiger partial charge >= 0.3 is 0 Å². The van der Waals surface area contributed by atoms with Crippen LogP contribution >= 0.6 is 0 Å². The molecular weight excluding hydrogens is 164 g/mol. The van der Waals surface area contributed by atoms with E-state index in [1.54, 1.807) is 0 Å². The zero-order valence-electron chi connectivity index (χ0n) is 7.70. The molecule has 2 aliphatic rings. The molecule has 1 aliphatic heterocycles. The number of morpholine rings is 1. The summed E-state index contributed by atoms with van der Waals surface area (Å²) in [5.41, 5.74) is 5.93. The predicted molar refractivity (Wildman–Crippen MR) is 52.4 cm³/mol. The monoisotopic (exact) mass is 180 g/mol. The van der Waals surface area contributed by atoms with E-state index in [0.717, 1.165) is 26.1 Å². The van der Waals surface area contributed by atoms with Crippen molar-refractivity contribution in [1.82, 2.24) is 5.32 Å². The van der Waals surface area contributed by atoms with E-state index in [-0.39, 0.29) is 11.6 Å². The van der Waals surface area contributed by atoms with Crippen molar-refractivity contribution in [3.8, 4) is 0 Å². The van der Waals surface area contributed by atoms with Gasteiger partial charge in [0.05, 0.1) is 18.2 Å². The van der Waals surface area contributed by atoms with Crippen molar-refractivity contribution < 1.29 is 4.74 Å². The van der Waals surface area contributed by atoms with Gasteiger partial charge < -0.3 is 15.8 Å². The molecule has 0 saturated carbocycles. The first-order chi connectivity index (χ1) is 6.31. The molecule has 0 bridgehead atoms. The fourth-order valence-corrected chi connectivity index (χ4v) is 1.80. The van der Waals surface area contributed by atoms with Crippen molar-refractivity contribution in [2.24, 2.45) is 5.73 Å². The lowest BCUT2D eigenvalue weighted by atomic mass is 9.86. The van der Waals surface area contributed by atoms with Crippen LogP contribution in [-0.4, -0.2) is 31.3 Å². The molecular formula is C10H16N2O. The topological polar surface area (TPSA) is 47.3 Å². The second-order valence-corrected chi connectivity index (χ2v) is 3.67. The highest BCUT2D eigenvalue weighted by molar-refractivity contribution is 5.22. The standard InChI is InChI=1S/C10H16N2O/c11-10(4-2-1-3-5-10)9-8-12-6-7-13-9/h1-4,9,12H,5-8,11H2. The molecule has 1 fully saturated rings. The maximum atomic E-state index is 6.23. The van der Waals surface area contributed by atoms with Gasteiger partial charge in [0.2, 0.25) is 0 Å². The Morgan fingerprint density at radius 2 is 2.38 bits per heavy atom. The SMILES string of the molecule is NC1(C2CNCCO2)C=CC=CC1. The Hall–Kier alpha value is -0.640. The van der Waals surface area contributed by atoms with E-state index >= 15 is 0 Å². The molecule has 0 spiro atoms. The van der Waals surface area contributed by atoms with E-state index in [0.29, 0.717) is 0 Å². The lowest BCUT2D eigenvalue weighted by molar-refractivity contribution is -0.00694. The van der Waals surface area contributed by atoms with Gasteiger partial charge in [-0.15, -0.1) is 0 Å². The summed E-state index contributed by atoms with van der Waals surface area (Å²) in [5.74, 6) is 0. The third-order valence-electron chi connectivity index (χ3n) is 2.65. The van der Waals surface area contributed by atoms with Crippen LogP contribution in [0.1, 0.15) is 6.42 Å². The molecule has 0 amide bonds. The van der Waals surface area contributed by atoms with Crippen LogP contribution in [-0.2, 0) is 4.74 Å². The molecule has 3 N–H and O–H groups in total. The van der Waals surface area contributed by atoms with E-state index in [1.807, 2.05) is 18.2 Å². The van der Waals surface area contributed by atoms with Gasteiger partial charge in [0.15, 0.2) is 0 Å². The molecule has 2 atom stereocenters. The maximum Gasteiger partial charge on any atom is 0.0918 e. The van der Waals surface area contributed by atoms with E-state index in [9.17, 15) is 0 Å². The van der Waals surface area contributed by atoms with Gasteiger partial charge in [-0.05, 0) is 6.42 Å². The number of nitrogens with two attached hydrogens (primary N) is 1. The Bertz CT molecular complexity index is 231. The summed E-state index contributed by atoms with van der Waals surface area (Å²) in [6.07, 6.45) is 9.16. The molecule has 3 heteroatoms. The van der Waals surface area contributed by atoms with Gasteiger partial charge in [-0.25, -0.2) is 0 Å². The van der Waals surface area contributed by atoms with E-state index in [1.165, 1.54) is 0 Å². The molecule has 1 aliphatic carbocycles. The first-order valence-electron chi connectivity index (χ1n) is 4.77. The van der Waals surface area contributed by atoms with Crippen LogP contribution in [0.3, 0.4) is 0 Å². The lowest BCUT2D eigenvalue weighted by Crippen LogP contribution is -2.57. The number of allylic oxidation sites excluding steroid dienone is 2. The average molecular weight is 180 g/mol. The van der Waals surface area contributed by atoms with Crippen LogP contribution < -0.4 is 11.1 Å².